The molecule has 1 aromatic heterocycles. The number of aryl methyl sites for hydroxylation is 1. The van der Waals surface area contributed by atoms with Crippen molar-refractivity contribution in [1.82, 2.24) is 15.0 Å². The molecule has 1 saturated carbocycles. The van der Waals surface area contributed by atoms with Gasteiger partial charge in [-0.1, -0.05) is 18.1 Å². The molecule has 0 unspecified atom stereocenters. The largest absolute Gasteiger partial charge is 0.365 e. The standard InChI is InChI=1S/C9H17N5/c1-14-9(6-11-13-14)12-8-5-3-2-4-7(8)10/h6-8,12H,2-5,10H2,1H3/t7-,8-/m1/s1. The topological polar surface area (TPSA) is 68.8 Å². The Kier molecular flexibility index (Phi) is 2.67. The highest BCUT2D eigenvalue weighted by Crippen LogP contribution is 2.20. The van der Waals surface area contributed by atoms with E-state index in [0.29, 0.717) is 6.04 Å². The zero-order valence-electron chi connectivity index (χ0n) is 8.48. The molecule has 0 spiro atoms. The fourth-order valence-corrected chi connectivity index (χ4v) is 1.95. The Morgan fingerprint density at radius 1 is 1.50 bits per heavy atom. The zero-order valence-corrected chi connectivity index (χ0v) is 8.48. The van der Waals surface area contributed by atoms with Gasteiger partial charge in [-0.25, -0.2) is 4.68 Å². The second kappa shape index (κ2) is 3.96. The van der Waals surface area contributed by atoms with E-state index in [1.54, 1.807) is 10.9 Å². The van der Waals surface area contributed by atoms with Crippen LogP contribution in [0.3, 0.4) is 0 Å². The first-order valence-corrected chi connectivity index (χ1v) is 5.14. The average molecular weight is 195 g/mol. The summed E-state index contributed by atoms with van der Waals surface area (Å²) in [6.45, 7) is 0. The highest BCUT2D eigenvalue weighted by Gasteiger charge is 2.22. The molecule has 1 aliphatic carbocycles. The molecule has 0 bridgehead atoms. The van der Waals surface area contributed by atoms with Gasteiger partial charge in [0.25, 0.3) is 0 Å². The van der Waals surface area contributed by atoms with Gasteiger partial charge in [-0.05, 0) is 12.8 Å². The van der Waals surface area contributed by atoms with Crippen molar-refractivity contribution in [3.8, 4) is 0 Å². The number of hydrogen-bond acceptors (Lipinski definition) is 4. The van der Waals surface area contributed by atoms with Crippen LogP contribution in [0, 0.1) is 0 Å². The van der Waals surface area contributed by atoms with E-state index >= 15 is 0 Å². The molecular weight excluding hydrogens is 178 g/mol. The highest BCUT2D eigenvalue weighted by atomic mass is 15.4. The van der Waals surface area contributed by atoms with Crippen molar-refractivity contribution in [3.05, 3.63) is 6.20 Å². The minimum atomic E-state index is 0.263. The molecular formula is C9H17N5. The van der Waals surface area contributed by atoms with Crippen molar-refractivity contribution < 1.29 is 0 Å². The molecule has 1 heterocycles. The predicted molar refractivity (Wildman–Crippen MR) is 54.9 cm³/mol. The number of aromatic nitrogens is 3. The van der Waals surface area contributed by atoms with Gasteiger partial charge in [-0.3, -0.25) is 0 Å². The maximum atomic E-state index is 6.03. The second-order valence-electron chi connectivity index (χ2n) is 3.94. The third-order valence-electron chi connectivity index (χ3n) is 2.87. The Labute approximate surface area is 83.7 Å². The Bertz CT molecular complexity index is 295. The maximum absolute atomic E-state index is 6.03. The van der Waals surface area contributed by atoms with Gasteiger partial charge in [0.05, 0.1) is 6.20 Å². The summed E-state index contributed by atoms with van der Waals surface area (Å²) in [5, 5.41) is 11.1. The van der Waals surface area contributed by atoms with Crippen LogP contribution in [0.4, 0.5) is 5.82 Å². The van der Waals surface area contributed by atoms with E-state index in [-0.39, 0.29) is 6.04 Å². The molecule has 0 aliphatic heterocycles. The van der Waals surface area contributed by atoms with Crippen molar-refractivity contribution in [1.29, 1.82) is 0 Å². The summed E-state index contributed by atoms with van der Waals surface area (Å²) < 4.78 is 1.74. The Balaban J connectivity index is 1.99. The van der Waals surface area contributed by atoms with Crippen molar-refractivity contribution >= 4 is 5.82 Å². The number of anilines is 1. The number of rotatable bonds is 2. The molecule has 2 rings (SSSR count). The highest BCUT2D eigenvalue weighted by molar-refractivity contribution is 5.32. The first kappa shape index (κ1) is 9.45. The summed E-state index contributed by atoms with van der Waals surface area (Å²) >= 11 is 0. The first-order valence-electron chi connectivity index (χ1n) is 5.14. The van der Waals surface area contributed by atoms with Crippen LogP contribution in [0.5, 0.6) is 0 Å². The van der Waals surface area contributed by atoms with Crippen molar-refractivity contribution in [2.75, 3.05) is 5.32 Å². The molecule has 1 aromatic rings. The van der Waals surface area contributed by atoms with Crippen LogP contribution in [-0.2, 0) is 7.05 Å². The summed E-state index contributed by atoms with van der Waals surface area (Å²) in [5.41, 5.74) is 6.03. The van der Waals surface area contributed by atoms with Crippen LogP contribution in [-0.4, -0.2) is 27.1 Å². The van der Waals surface area contributed by atoms with Crippen LogP contribution in [0.15, 0.2) is 6.20 Å². The summed E-state index contributed by atoms with van der Waals surface area (Å²) in [6, 6.07) is 0.639. The molecule has 1 aliphatic rings. The van der Waals surface area contributed by atoms with Crippen LogP contribution in [0.2, 0.25) is 0 Å². The molecule has 0 radical (unpaired) electrons. The molecule has 1 fully saturated rings. The molecule has 2 atom stereocenters. The third kappa shape index (κ3) is 1.87. The second-order valence-corrected chi connectivity index (χ2v) is 3.94. The lowest BCUT2D eigenvalue weighted by molar-refractivity contribution is 0.402. The molecule has 0 saturated heterocycles. The van der Waals surface area contributed by atoms with Gasteiger partial charge in [0, 0.05) is 19.1 Å². The van der Waals surface area contributed by atoms with Gasteiger partial charge < -0.3 is 11.1 Å². The zero-order chi connectivity index (χ0) is 9.97. The monoisotopic (exact) mass is 195 g/mol. The summed E-state index contributed by atoms with van der Waals surface area (Å²) in [5.74, 6) is 0.951. The Hall–Kier alpha value is -1.10. The molecule has 5 heteroatoms. The first-order chi connectivity index (χ1) is 6.77. The minimum Gasteiger partial charge on any atom is -0.365 e. The lowest BCUT2D eigenvalue weighted by Gasteiger charge is -2.29. The number of hydrogen-bond donors (Lipinski definition) is 2. The van der Waals surface area contributed by atoms with E-state index in [4.69, 9.17) is 5.73 Å². The molecule has 0 amide bonds. The van der Waals surface area contributed by atoms with E-state index in [0.717, 1.165) is 18.7 Å². The van der Waals surface area contributed by atoms with Crippen LogP contribution < -0.4 is 11.1 Å². The SMILES string of the molecule is Cn1nncc1N[C@@H]1CCCC[C@H]1N. The van der Waals surface area contributed by atoms with E-state index < -0.39 is 0 Å². The molecule has 5 nitrogen and oxygen atoms in total. The smallest absolute Gasteiger partial charge is 0.144 e. The van der Waals surface area contributed by atoms with Gasteiger partial charge in [-0.2, -0.15) is 0 Å². The average Bonchev–Trinajstić information content (AvgIpc) is 2.56. The normalized spacial score (nSPS) is 27.6. The maximum Gasteiger partial charge on any atom is 0.144 e. The van der Waals surface area contributed by atoms with Gasteiger partial charge in [0.15, 0.2) is 0 Å². The van der Waals surface area contributed by atoms with Crippen LogP contribution in [0.1, 0.15) is 25.7 Å². The lowest BCUT2D eigenvalue weighted by Crippen LogP contribution is -2.42. The molecule has 78 valence electrons. The van der Waals surface area contributed by atoms with Crippen LogP contribution in [0.25, 0.3) is 0 Å². The molecule has 0 aromatic carbocycles. The van der Waals surface area contributed by atoms with Gasteiger partial charge in [0.1, 0.15) is 5.82 Å². The fraction of sp³-hybridized carbons (Fsp3) is 0.778. The lowest BCUT2D eigenvalue weighted by atomic mass is 9.91. The van der Waals surface area contributed by atoms with E-state index in [2.05, 4.69) is 15.6 Å². The van der Waals surface area contributed by atoms with Crippen LogP contribution >= 0.6 is 0 Å². The molecule has 3 N–H and O–H groups in total. The Morgan fingerprint density at radius 2 is 2.29 bits per heavy atom. The van der Waals surface area contributed by atoms with Gasteiger partial charge in [-0.15, -0.1) is 5.10 Å². The number of nitrogens with one attached hydrogen (secondary N) is 1. The van der Waals surface area contributed by atoms with E-state index in [1.807, 2.05) is 7.05 Å². The third-order valence-corrected chi connectivity index (χ3v) is 2.87. The number of nitrogens with zero attached hydrogens (tertiary/aromatic N) is 3. The van der Waals surface area contributed by atoms with E-state index in [9.17, 15) is 0 Å². The Morgan fingerprint density at radius 3 is 2.93 bits per heavy atom. The van der Waals surface area contributed by atoms with Gasteiger partial charge in [0.2, 0.25) is 0 Å². The predicted octanol–water partition coefficient (Wildman–Crippen LogP) is 0.497. The minimum absolute atomic E-state index is 0.263. The van der Waals surface area contributed by atoms with Crippen molar-refractivity contribution in [2.24, 2.45) is 12.8 Å². The van der Waals surface area contributed by atoms with Crippen molar-refractivity contribution in [3.63, 3.8) is 0 Å². The molecule has 14 heavy (non-hydrogen) atoms. The van der Waals surface area contributed by atoms with Crippen molar-refractivity contribution in [2.45, 2.75) is 37.8 Å². The van der Waals surface area contributed by atoms with Gasteiger partial charge >= 0.3 is 0 Å². The fourth-order valence-electron chi connectivity index (χ4n) is 1.95. The van der Waals surface area contributed by atoms with E-state index in [1.165, 1.54) is 12.8 Å². The summed E-state index contributed by atoms with van der Waals surface area (Å²) in [6.07, 6.45) is 6.51. The summed E-state index contributed by atoms with van der Waals surface area (Å²) in [7, 11) is 1.88. The quantitative estimate of drug-likeness (QED) is 0.721. The number of nitrogens with two attached hydrogens (primary N) is 1. The summed E-state index contributed by atoms with van der Waals surface area (Å²) in [4.78, 5) is 0.